The van der Waals surface area contributed by atoms with E-state index in [-0.39, 0.29) is 6.29 Å². The minimum atomic E-state index is -0.0523. The molecular formula is C24H33NO3. The van der Waals surface area contributed by atoms with Crippen LogP contribution in [0.3, 0.4) is 0 Å². The summed E-state index contributed by atoms with van der Waals surface area (Å²) >= 11 is 0. The van der Waals surface area contributed by atoms with Crippen LogP contribution in [0.25, 0.3) is 11.3 Å². The quantitative estimate of drug-likeness (QED) is 0.435. The number of pyridine rings is 1. The van der Waals surface area contributed by atoms with E-state index < -0.39 is 0 Å². The summed E-state index contributed by atoms with van der Waals surface area (Å²) in [6.07, 6.45) is 11.4. The van der Waals surface area contributed by atoms with E-state index in [1.54, 1.807) is 0 Å². The summed E-state index contributed by atoms with van der Waals surface area (Å²) in [6.45, 7) is 4.46. The molecule has 0 N–H and O–H groups in total. The maximum absolute atomic E-state index is 5.86. The molecule has 1 aromatic carbocycles. The normalized spacial score (nSPS) is 14.5. The van der Waals surface area contributed by atoms with Gasteiger partial charge in [-0.15, -0.1) is 0 Å². The molecule has 1 aromatic heterocycles. The highest BCUT2D eigenvalue weighted by Gasteiger charge is 2.15. The van der Waals surface area contributed by atoms with Crippen molar-refractivity contribution in [1.29, 1.82) is 0 Å². The molecule has 1 aliphatic heterocycles. The standard InChI is InChI=1S/C24H33NO3/c1-2-3-4-5-6-7-16-26-22-12-10-21(11-13-22)23-14-8-20(19-25-23)9-15-24-27-17-18-28-24/h8,10-14,19,24H,2-7,9,15-18H2,1H3. The molecule has 0 spiro atoms. The van der Waals surface area contributed by atoms with Gasteiger partial charge in [0.25, 0.3) is 0 Å². The van der Waals surface area contributed by atoms with Crippen molar-refractivity contribution in [2.45, 2.75) is 64.6 Å². The van der Waals surface area contributed by atoms with Gasteiger partial charge < -0.3 is 14.2 Å². The van der Waals surface area contributed by atoms with Gasteiger partial charge in [-0.1, -0.05) is 45.1 Å². The number of ether oxygens (including phenoxy) is 3. The Morgan fingerprint density at radius 1 is 0.929 bits per heavy atom. The summed E-state index contributed by atoms with van der Waals surface area (Å²) in [5.74, 6) is 0.936. The molecule has 1 aliphatic rings. The number of unbranched alkanes of at least 4 members (excludes halogenated alkanes) is 5. The zero-order chi connectivity index (χ0) is 19.4. The maximum Gasteiger partial charge on any atom is 0.158 e. The highest BCUT2D eigenvalue weighted by molar-refractivity contribution is 5.60. The number of rotatable bonds is 12. The minimum Gasteiger partial charge on any atom is -0.494 e. The minimum absolute atomic E-state index is 0.0523. The highest BCUT2D eigenvalue weighted by atomic mass is 16.7. The number of hydrogen-bond donors (Lipinski definition) is 0. The van der Waals surface area contributed by atoms with E-state index in [9.17, 15) is 0 Å². The van der Waals surface area contributed by atoms with E-state index in [0.717, 1.165) is 42.9 Å². The Morgan fingerprint density at radius 2 is 1.68 bits per heavy atom. The molecule has 4 nitrogen and oxygen atoms in total. The van der Waals surface area contributed by atoms with Gasteiger partial charge in [0.05, 0.1) is 25.5 Å². The fraction of sp³-hybridized carbons (Fsp3) is 0.542. The molecule has 28 heavy (non-hydrogen) atoms. The molecule has 1 saturated heterocycles. The van der Waals surface area contributed by atoms with Gasteiger partial charge in [-0.3, -0.25) is 4.98 Å². The third kappa shape index (κ3) is 6.92. The van der Waals surface area contributed by atoms with Crippen molar-refractivity contribution in [3.8, 4) is 17.0 Å². The Labute approximate surface area is 169 Å². The molecule has 2 heterocycles. The molecule has 2 aromatic rings. The molecule has 0 radical (unpaired) electrons. The van der Waals surface area contributed by atoms with Crippen LogP contribution >= 0.6 is 0 Å². The Balaban J connectivity index is 1.40. The summed E-state index contributed by atoms with van der Waals surface area (Å²) < 4.78 is 16.8. The van der Waals surface area contributed by atoms with Gasteiger partial charge in [0.15, 0.2) is 6.29 Å². The van der Waals surface area contributed by atoms with E-state index in [0.29, 0.717) is 13.2 Å². The first kappa shape index (κ1) is 20.8. The average Bonchev–Trinajstić information content (AvgIpc) is 3.26. The van der Waals surface area contributed by atoms with Crippen LogP contribution in [-0.4, -0.2) is 31.1 Å². The van der Waals surface area contributed by atoms with Crippen molar-refractivity contribution in [3.05, 3.63) is 48.2 Å². The lowest BCUT2D eigenvalue weighted by Gasteiger charge is -2.09. The van der Waals surface area contributed by atoms with E-state index in [2.05, 4.69) is 36.2 Å². The van der Waals surface area contributed by atoms with Crippen LogP contribution in [0.2, 0.25) is 0 Å². The first-order valence-corrected chi connectivity index (χ1v) is 10.8. The van der Waals surface area contributed by atoms with Gasteiger partial charge in [-0.25, -0.2) is 0 Å². The fourth-order valence-electron chi connectivity index (χ4n) is 3.40. The van der Waals surface area contributed by atoms with Crippen LogP contribution in [-0.2, 0) is 15.9 Å². The van der Waals surface area contributed by atoms with Gasteiger partial charge >= 0.3 is 0 Å². The van der Waals surface area contributed by atoms with Gasteiger partial charge in [0, 0.05) is 18.2 Å². The maximum atomic E-state index is 5.86. The third-order valence-electron chi connectivity index (χ3n) is 5.10. The first-order valence-electron chi connectivity index (χ1n) is 10.8. The fourth-order valence-corrected chi connectivity index (χ4v) is 3.40. The zero-order valence-electron chi connectivity index (χ0n) is 17.1. The van der Waals surface area contributed by atoms with Crippen molar-refractivity contribution in [3.63, 3.8) is 0 Å². The van der Waals surface area contributed by atoms with Gasteiger partial charge in [-0.05, 0) is 48.7 Å². The van der Waals surface area contributed by atoms with Crippen molar-refractivity contribution in [2.24, 2.45) is 0 Å². The average molecular weight is 384 g/mol. The van der Waals surface area contributed by atoms with Crippen molar-refractivity contribution >= 4 is 0 Å². The van der Waals surface area contributed by atoms with Crippen molar-refractivity contribution in [1.82, 2.24) is 4.98 Å². The summed E-state index contributed by atoms with van der Waals surface area (Å²) in [7, 11) is 0. The van der Waals surface area contributed by atoms with E-state index >= 15 is 0 Å². The van der Waals surface area contributed by atoms with E-state index in [4.69, 9.17) is 14.2 Å². The molecule has 0 unspecified atom stereocenters. The molecule has 0 bridgehead atoms. The Morgan fingerprint density at radius 3 is 2.39 bits per heavy atom. The van der Waals surface area contributed by atoms with Gasteiger partial charge in [0.1, 0.15) is 5.75 Å². The number of aromatic nitrogens is 1. The molecule has 1 fully saturated rings. The molecule has 152 valence electrons. The Kier molecular flexibility index (Phi) is 8.79. The van der Waals surface area contributed by atoms with Crippen LogP contribution in [0.4, 0.5) is 0 Å². The number of aryl methyl sites for hydroxylation is 1. The molecule has 0 aliphatic carbocycles. The number of hydrogen-bond acceptors (Lipinski definition) is 4. The molecular weight excluding hydrogens is 350 g/mol. The second-order valence-electron chi connectivity index (χ2n) is 7.40. The van der Waals surface area contributed by atoms with Gasteiger partial charge in [-0.2, -0.15) is 0 Å². The lowest BCUT2D eigenvalue weighted by atomic mass is 10.1. The summed E-state index contributed by atoms with van der Waals surface area (Å²) in [5.41, 5.74) is 3.31. The summed E-state index contributed by atoms with van der Waals surface area (Å²) in [5, 5.41) is 0. The topological polar surface area (TPSA) is 40.6 Å². The first-order chi connectivity index (χ1) is 13.8. The molecule has 4 heteroatoms. The zero-order valence-corrected chi connectivity index (χ0v) is 17.1. The lowest BCUT2D eigenvalue weighted by molar-refractivity contribution is -0.0462. The van der Waals surface area contributed by atoms with Crippen LogP contribution in [0.5, 0.6) is 5.75 Å². The SMILES string of the molecule is CCCCCCCCOc1ccc(-c2ccc(CCC3OCCO3)cn2)cc1. The lowest BCUT2D eigenvalue weighted by Crippen LogP contribution is -2.08. The van der Waals surface area contributed by atoms with E-state index in [1.165, 1.54) is 37.7 Å². The van der Waals surface area contributed by atoms with Gasteiger partial charge in [0.2, 0.25) is 0 Å². The predicted octanol–water partition coefficient (Wildman–Crippen LogP) is 5.79. The molecule has 0 saturated carbocycles. The Bertz CT molecular complexity index is 663. The number of benzene rings is 1. The number of nitrogens with zero attached hydrogens (tertiary/aromatic N) is 1. The van der Waals surface area contributed by atoms with Crippen LogP contribution < -0.4 is 4.74 Å². The smallest absolute Gasteiger partial charge is 0.158 e. The molecule has 0 amide bonds. The largest absolute Gasteiger partial charge is 0.494 e. The predicted molar refractivity (Wildman–Crippen MR) is 113 cm³/mol. The van der Waals surface area contributed by atoms with Crippen LogP contribution in [0.1, 0.15) is 57.4 Å². The second kappa shape index (κ2) is 11.8. The van der Waals surface area contributed by atoms with E-state index in [1.807, 2.05) is 18.3 Å². The van der Waals surface area contributed by atoms with Crippen molar-refractivity contribution < 1.29 is 14.2 Å². The van der Waals surface area contributed by atoms with Crippen LogP contribution in [0, 0.1) is 0 Å². The third-order valence-corrected chi connectivity index (χ3v) is 5.10. The van der Waals surface area contributed by atoms with Crippen LogP contribution in [0.15, 0.2) is 42.6 Å². The monoisotopic (exact) mass is 383 g/mol. The molecule has 3 rings (SSSR count). The highest BCUT2D eigenvalue weighted by Crippen LogP contribution is 2.22. The molecule has 0 atom stereocenters. The second-order valence-corrected chi connectivity index (χ2v) is 7.40. The van der Waals surface area contributed by atoms with Crippen molar-refractivity contribution in [2.75, 3.05) is 19.8 Å². The summed E-state index contributed by atoms with van der Waals surface area (Å²) in [6, 6.07) is 12.5. The Hall–Kier alpha value is -1.91. The summed E-state index contributed by atoms with van der Waals surface area (Å²) in [4.78, 5) is 4.61.